The minimum Gasteiger partial charge on any atom is -0.481 e. The molecule has 12 heteroatoms. The van der Waals surface area contributed by atoms with E-state index in [1.807, 2.05) is 36.2 Å². The molecule has 0 bridgehead atoms. The normalized spacial score (nSPS) is 11.4. The highest BCUT2D eigenvalue weighted by atomic mass is 19.3. The zero-order chi connectivity index (χ0) is 29.9. The van der Waals surface area contributed by atoms with Crippen molar-refractivity contribution in [3.05, 3.63) is 77.0 Å². The van der Waals surface area contributed by atoms with Gasteiger partial charge in [-0.2, -0.15) is 8.78 Å². The number of methoxy groups -OCH3 is 1. The number of hydrogen-bond acceptors (Lipinski definition) is 8. The fourth-order valence-corrected chi connectivity index (χ4v) is 4.29. The molecule has 0 saturated heterocycles. The molecule has 2 aromatic carbocycles. The Labute approximate surface area is 235 Å². The molecule has 2 heterocycles. The van der Waals surface area contributed by atoms with Crippen LogP contribution in [0.15, 0.2) is 48.7 Å². The zero-order valence-electron chi connectivity index (χ0n) is 23.4. The summed E-state index contributed by atoms with van der Waals surface area (Å²) in [5, 5.41) is 12.7. The predicted molar refractivity (Wildman–Crippen MR) is 150 cm³/mol. The molecular weight excluding hydrogens is 537 g/mol. The van der Waals surface area contributed by atoms with Gasteiger partial charge in [-0.1, -0.05) is 12.1 Å². The first kappa shape index (κ1) is 29.5. The number of alkyl halides is 2. The molecule has 41 heavy (non-hydrogen) atoms. The molecule has 0 unspecified atom stereocenters. The third-order valence-corrected chi connectivity index (χ3v) is 6.63. The third kappa shape index (κ3) is 6.32. The highest BCUT2D eigenvalue weighted by molar-refractivity contribution is 5.92. The van der Waals surface area contributed by atoms with Crippen molar-refractivity contribution in [2.75, 3.05) is 45.1 Å². The molecule has 0 aliphatic heterocycles. The molecule has 1 amide bonds. The van der Waals surface area contributed by atoms with E-state index in [1.165, 1.54) is 24.1 Å². The maximum absolute atomic E-state index is 14.9. The number of fused-ring (bicyclic) bond motifs is 1. The summed E-state index contributed by atoms with van der Waals surface area (Å²) < 4.78 is 48.3. The van der Waals surface area contributed by atoms with E-state index < -0.39 is 23.9 Å². The zero-order valence-corrected chi connectivity index (χ0v) is 23.4. The molecule has 2 aromatic heterocycles. The second kappa shape index (κ2) is 12.0. The number of likely N-dealkylation sites (N-methyl/N-ethyl adjacent to an activating group) is 1. The standard InChI is InChI=1S/C29H31F3N6O3/c1-17-35-24-10-9-20(38(4)21-11-19(12-25(40)37(2)3)28(41-5)34-15-21)13-22(24)27(36-17)33-14-18-7-6-8-23(26(18)30)29(31,32)16-39/h6-11,13,15,39H,12,14,16H2,1-5H3,(H,33,35,36). The summed E-state index contributed by atoms with van der Waals surface area (Å²) in [5.41, 5.74) is 1.85. The van der Waals surface area contributed by atoms with Crippen molar-refractivity contribution >= 4 is 34.0 Å². The number of aromatic nitrogens is 3. The van der Waals surface area contributed by atoms with Crippen molar-refractivity contribution in [1.82, 2.24) is 19.9 Å². The van der Waals surface area contributed by atoms with E-state index in [0.29, 0.717) is 39.7 Å². The Hall–Kier alpha value is -4.45. The quantitative estimate of drug-likeness (QED) is 0.287. The molecule has 0 aliphatic rings. The number of carbonyl (C=O) groups is 1. The van der Waals surface area contributed by atoms with Crippen molar-refractivity contribution < 1.29 is 27.8 Å². The number of halogens is 3. The fourth-order valence-electron chi connectivity index (χ4n) is 4.29. The van der Waals surface area contributed by atoms with Crippen molar-refractivity contribution in [2.45, 2.75) is 25.8 Å². The number of nitrogens with zero attached hydrogens (tertiary/aromatic N) is 5. The summed E-state index contributed by atoms with van der Waals surface area (Å²) in [7, 11) is 6.69. The van der Waals surface area contributed by atoms with Crippen LogP contribution in [-0.2, 0) is 23.7 Å². The molecule has 0 spiro atoms. The van der Waals surface area contributed by atoms with Crippen molar-refractivity contribution in [3.8, 4) is 5.88 Å². The van der Waals surface area contributed by atoms with E-state index in [4.69, 9.17) is 9.84 Å². The number of anilines is 3. The second-order valence-electron chi connectivity index (χ2n) is 9.70. The van der Waals surface area contributed by atoms with Crippen LogP contribution >= 0.6 is 0 Å². The summed E-state index contributed by atoms with van der Waals surface area (Å²) >= 11 is 0. The molecule has 2 N–H and O–H groups in total. The monoisotopic (exact) mass is 568 g/mol. The topological polar surface area (TPSA) is 104 Å². The molecule has 0 saturated carbocycles. The summed E-state index contributed by atoms with van der Waals surface area (Å²) in [6, 6.07) is 11.0. The lowest BCUT2D eigenvalue weighted by Gasteiger charge is -2.22. The Kier molecular flexibility index (Phi) is 8.62. The van der Waals surface area contributed by atoms with Gasteiger partial charge in [0.1, 0.15) is 24.1 Å². The van der Waals surface area contributed by atoms with Crippen LogP contribution in [0.4, 0.5) is 30.4 Å². The third-order valence-electron chi connectivity index (χ3n) is 6.63. The Morgan fingerprint density at radius 1 is 1.07 bits per heavy atom. The van der Waals surface area contributed by atoms with Gasteiger partial charge in [0.15, 0.2) is 0 Å². The summed E-state index contributed by atoms with van der Waals surface area (Å²) in [4.78, 5) is 29.0. The maximum atomic E-state index is 14.9. The van der Waals surface area contributed by atoms with Crippen LogP contribution in [0.25, 0.3) is 10.9 Å². The molecule has 0 fully saturated rings. The predicted octanol–water partition coefficient (Wildman–Crippen LogP) is 4.58. The van der Waals surface area contributed by atoms with E-state index in [9.17, 15) is 18.0 Å². The van der Waals surface area contributed by atoms with Crippen LogP contribution in [0.3, 0.4) is 0 Å². The lowest BCUT2D eigenvalue weighted by Crippen LogP contribution is -2.24. The van der Waals surface area contributed by atoms with Gasteiger partial charge in [-0.05, 0) is 37.3 Å². The Balaban J connectivity index is 1.67. The lowest BCUT2D eigenvalue weighted by molar-refractivity contribution is -0.128. The first-order valence-corrected chi connectivity index (χ1v) is 12.7. The Morgan fingerprint density at radius 3 is 2.51 bits per heavy atom. The van der Waals surface area contributed by atoms with Gasteiger partial charge in [-0.25, -0.2) is 19.3 Å². The van der Waals surface area contributed by atoms with Crippen LogP contribution in [0, 0.1) is 12.7 Å². The van der Waals surface area contributed by atoms with Crippen molar-refractivity contribution in [1.29, 1.82) is 0 Å². The molecule has 0 radical (unpaired) electrons. The van der Waals surface area contributed by atoms with E-state index in [-0.39, 0.29) is 24.4 Å². The van der Waals surface area contributed by atoms with Gasteiger partial charge in [0.25, 0.3) is 5.92 Å². The Bertz CT molecular complexity index is 1580. The molecular formula is C29H31F3N6O3. The average molecular weight is 569 g/mol. The number of aliphatic hydroxyl groups excluding tert-OH is 1. The number of aryl methyl sites for hydroxylation is 1. The number of ether oxygens (including phenoxy) is 1. The van der Waals surface area contributed by atoms with Crippen LogP contribution in [0.2, 0.25) is 0 Å². The smallest absolute Gasteiger partial charge is 0.298 e. The van der Waals surface area contributed by atoms with Gasteiger partial charge < -0.3 is 25.0 Å². The fraction of sp³-hybridized carbons (Fsp3) is 0.310. The minimum absolute atomic E-state index is 0.00239. The van der Waals surface area contributed by atoms with Gasteiger partial charge in [0.05, 0.1) is 36.5 Å². The SMILES string of the molecule is COc1ncc(N(C)c2ccc3nc(C)nc(NCc4cccc(C(F)(F)CO)c4F)c3c2)cc1CC(=O)N(C)C. The number of carbonyl (C=O) groups excluding carboxylic acids is 1. The van der Waals surface area contributed by atoms with E-state index in [1.54, 1.807) is 27.2 Å². The molecule has 9 nitrogen and oxygen atoms in total. The Morgan fingerprint density at radius 2 is 1.83 bits per heavy atom. The maximum Gasteiger partial charge on any atom is 0.298 e. The van der Waals surface area contributed by atoms with E-state index in [0.717, 1.165) is 11.8 Å². The molecule has 0 aliphatic carbocycles. The van der Waals surface area contributed by atoms with Gasteiger partial charge in [-0.15, -0.1) is 0 Å². The second-order valence-corrected chi connectivity index (χ2v) is 9.70. The molecule has 216 valence electrons. The first-order chi connectivity index (χ1) is 19.4. The number of amides is 1. The number of benzene rings is 2. The van der Waals surface area contributed by atoms with Gasteiger partial charge in [0.2, 0.25) is 11.8 Å². The summed E-state index contributed by atoms with van der Waals surface area (Å²) in [5.74, 6) is -3.66. The summed E-state index contributed by atoms with van der Waals surface area (Å²) in [6.07, 6.45) is 1.75. The number of aliphatic hydroxyl groups is 1. The number of hydrogen-bond donors (Lipinski definition) is 2. The van der Waals surface area contributed by atoms with Crippen LogP contribution in [-0.4, -0.2) is 65.7 Å². The van der Waals surface area contributed by atoms with Crippen LogP contribution in [0.1, 0.15) is 22.5 Å². The molecule has 0 atom stereocenters. The van der Waals surface area contributed by atoms with Crippen molar-refractivity contribution in [2.24, 2.45) is 0 Å². The highest BCUT2D eigenvalue weighted by Crippen LogP contribution is 2.33. The largest absolute Gasteiger partial charge is 0.481 e. The van der Waals surface area contributed by atoms with E-state index >= 15 is 0 Å². The summed E-state index contributed by atoms with van der Waals surface area (Å²) in [6.45, 7) is 0.0930. The van der Waals surface area contributed by atoms with Crippen LogP contribution in [0.5, 0.6) is 5.88 Å². The minimum atomic E-state index is -3.70. The number of pyridine rings is 1. The number of rotatable bonds is 10. The van der Waals surface area contributed by atoms with Gasteiger partial charge in [-0.3, -0.25) is 4.79 Å². The van der Waals surface area contributed by atoms with Crippen LogP contribution < -0.4 is 15.0 Å². The van der Waals surface area contributed by atoms with Gasteiger partial charge >= 0.3 is 0 Å². The lowest BCUT2D eigenvalue weighted by atomic mass is 10.0. The molecule has 4 rings (SSSR count). The first-order valence-electron chi connectivity index (χ1n) is 12.7. The van der Waals surface area contributed by atoms with Crippen molar-refractivity contribution in [3.63, 3.8) is 0 Å². The number of nitrogens with one attached hydrogen (secondary N) is 1. The molecule has 4 aromatic rings. The van der Waals surface area contributed by atoms with E-state index in [2.05, 4.69) is 20.3 Å². The average Bonchev–Trinajstić information content (AvgIpc) is 2.95. The highest BCUT2D eigenvalue weighted by Gasteiger charge is 2.34. The van der Waals surface area contributed by atoms with Gasteiger partial charge in [0, 0.05) is 49.9 Å².